The number of hydrogen-bond acceptors (Lipinski definition) is 2. The summed E-state index contributed by atoms with van der Waals surface area (Å²) in [5, 5.41) is 0. The molecule has 0 aliphatic carbocycles. The van der Waals surface area contributed by atoms with E-state index in [0.717, 1.165) is 12.8 Å². The van der Waals surface area contributed by atoms with Crippen LogP contribution in [0.1, 0.15) is 94.3 Å². The molecule has 3 heteroatoms. The van der Waals surface area contributed by atoms with Gasteiger partial charge in [0.15, 0.2) is 0 Å². The van der Waals surface area contributed by atoms with Crippen LogP contribution in [0.25, 0.3) is 0 Å². The van der Waals surface area contributed by atoms with Crippen LogP contribution >= 0.6 is 0 Å². The molecule has 0 heterocycles. The SMILES string of the molecule is CCCCCCCCCCCCCCOc1cccc(C(=O)F)c1. The van der Waals surface area contributed by atoms with Crippen LogP contribution in [0, 0.1) is 0 Å². The predicted molar refractivity (Wildman–Crippen MR) is 98.5 cm³/mol. The Morgan fingerprint density at radius 2 is 1.42 bits per heavy atom. The summed E-state index contributed by atoms with van der Waals surface area (Å²) in [5.41, 5.74) is 0.0576. The van der Waals surface area contributed by atoms with Crippen molar-refractivity contribution in [3.63, 3.8) is 0 Å². The van der Waals surface area contributed by atoms with Gasteiger partial charge in [0.1, 0.15) is 5.75 Å². The highest BCUT2D eigenvalue weighted by Gasteiger charge is 2.04. The van der Waals surface area contributed by atoms with Crippen LogP contribution in [0.15, 0.2) is 24.3 Å². The molecule has 0 fully saturated rings. The molecule has 1 rings (SSSR count). The molecular weight excluding hydrogens is 303 g/mol. The Balaban J connectivity index is 1.90. The van der Waals surface area contributed by atoms with Gasteiger partial charge in [-0.3, -0.25) is 4.79 Å². The second-order valence-electron chi connectivity index (χ2n) is 6.54. The Morgan fingerprint density at radius 1 is 0.875 bits per heavy atom. The van der Waals surface area contributed by atoms with E-state index < -0.39 is 6.04 Å². The zero-order valence-corrected chi connectivity index (χ0v) is 15.2. The van der Waals surface area contributed by atoms with Crippen molar-refractivity contribution in [3.05, 3.63) is 29.8 Å². The van der Waals surface area contributed by atoms with Crippen molar-refractivity contribution in [2.24, 2.45) is 0 Å². The smallest absolute Gasteiger partial charge is 0.332 e. The minimum absolute atomic E-state index is 0.0576. The van der Waals surface area contributed by atoms with E-state index in [2.05, 4.69) is 6.92 Å². The van der Waals surface area contributed by atoms with Crippen LogP contribution < -0.4 is 4.74 Å². The molecule has 0 saturated heterocycles. The lowest BCUT2D eigenvalue weighted by atomic mass is 10.1. The first-order valence-electron chi connectivity index (χ1n) is 9.66. The van der Waals surface area contributed by atoms with E-state index in [0.29, 0.717) is 12.4 Å². The standard InChI is InChI=1S/C21H33FO2/c1-2-3-4-5-6-7-8-9-10-11-12-13-17-24-20-16-14-15-19(18-20)21(22)23/h14-16,18H,2-13,17H2,1H3. The van der Waals surface area contributed by atoms with Gasteiger partial charge in [-0.1, -0.05) is 83.6 Å². The molecule has 0 unspecified atom stereocenters. The second-order valence-corrected chi connectivity index (χ2v) is 6.54. The highest BCUT2D eigenvalue weighted by Crippen LogP contribution is 2.15. The number of benzene rings is 1. The van der Waals surface area contributed by atoms with Crippen molar-refractivity contribution in [1.29, 1.82) is 0 Å². The van der Waals surface area contributed by atoms with Gasteiger partial charge in [0, 0.05) is 0 Å². The molecule has 0 saturated carbocycles. The molecule has 0 spiro atoms. The molecule has 0 aliphatic heterocycles. The normalized spacial score (nSPS) is 10.8. The quantitative estimate of drug-likeness (QED) is 0.258. The summed E-state index contributed by atoms with van der Waals surface area (Å²) in [6.45, 7) is 2.88. The minimum atomic E-state index is -1.41. The van der Waals surface area contributed by atoms with E-state index in [9.17, 15) is 9.18 Å². The molecule has 0 atom stereocenters. The number of rotatable bonds is 15. The van der Waals surface area contributed by atoms with Gasteiger partial charge in [0.05, 0.1) is 12.2 Å². The third-order valence-corrected chi connectivity index (χ3v) is 4.33. The maximum Gasteiger partial charge on any atom is 0.332 e. The molecule has 136 valence electrons. The molecule has 24 heavy (non-hydrogen) atoms. The fraction of sp³-hybridized carbons (Fsp3) is 0.667. The molecule has 2 nitrogen and oxygen atoms in total. The Morgan fingerprint density at radius 3 is 1.96 bits per heavy atom. The van der Waals surface area contributed by atoms with E-state index >= 15 is 0 Å². The van der Waals surface area contributed by atoms with Gasteiger partial charge in [-0.15, -0.1) is 0 Å². The van der Waals surface area contributed by atoms with Gasteiger partial charge in [-0.25, -0.2) is 0 Å². The molecule has 0 amide bonds. The summed E-state index contributed by atoms with van der Waals surface area (Å²) in [6, 6.07) is 4.91. The Bertz CT molecular complexity index is 445. The third kappa shape index (κ3) is 10.4. The van der Waals surface area contributed by atoms with Gasteiger partial charge in [-0.2, -0.15) is 4.39 Å². The lowest BCUT2D eigenvalue weighted by Gasteiger charge is -2.07. The first-order chi connectivity index (χ1) is 11.7. The van der Waals surface area contributed by atoms with Gasteiger partial charge < -0.3 is 4.74 Å². The number of carbonyl (C=O) groups is 1. The summed E-state index contributed by atoms with van der Waals surface area (Å²) in [6.07, 6.45) is 15.7. The summed E-state index contributed by atoms with van der Waals surface area (Å²) >= 11 is 0. The molecule has 0 aliphatic rings. The molecule has 0 bridgehead atoms. The second kappa shape index (κ2) is 14.0. The average molecular weight is 336 g/mol. The van der Waals surface area contributed by atoms with Crippen LogP contribution in [0.2, 0.25) is 0 Å². The summed E-state index contributed by atoms with van der Waals surface area (Å²) in [4.78, 5) is 10.7. The largest absolute Gasteiger partial charge is 0.494 e. The Labute approximate surface area is 146 Å². The summed E-state index contributed by atoms with van der Waals surface area (Å²) in [7, 11) is 0. The van der Waals surface area contributed by atoms with E-state index in [4.69, 9.17) is 4.74 Å². The lowest BCUT2D eigenvalue weighted by molar-refractivity contribution is 0.0835. The molecular formula is C21H33FO2. The van der Waals surface area contributed by atoms with Crippen LogP contribution in [0.4, 0.5) is 4.39 Å². The van der Waals surface area contributed by atoms with Crippen molar-refractivity contribution in [1.82, 2.24) is 0 Å². The van der Waals surface area contributed by atoms with Gasteiger partial charge >= 0.3 is 6.04 Å². The Hall–Kier alpha value is -1.38. The van der Waals surface area contributed by atoms with Crippen LogP contribution in [-0.2, 0) is 0 Å². The fourth-order valence-electron chi connectivity index (χ4n) is 2.84. The summed E-state index contributed by atoms with van der Waals surface area (Å²) in [5.74, 6) is 0.571. The topological polar surface area (TPSA) is 26.3 Å². The maximum atomic E-state index is 12.6. The van der Waals surface area contributed by atoms with Crippen LogP contribution in [0.3, 0.4) is 0 Å². The zero-order valence-electron chi connectivity index (χ0n) is 15.2. The van der Waals surface area contributed by atoms with E-state index in [1.807, 2.05) is 0 Å². The summed E-state index contributed by atoms with van der Waals surface area (Å²) < 4.78 is 18.2. The van der Waals surface area contributed by atoms with Crippen molar-refractivity contribution in [3.8, 4) is 5.75 Å². The highest BCUT2D eigenvalue weighted by molar-refractivity contribution is 5.88. The molecule has 1 aromatic rings. The van der Waals surface area contributed by atoms with E-state index in [-0.39, 0.29) is 5.56 Å². The first-order valence-corrected chi connectivity index (χ1v) is 9.66. The van der Waals surface area contributed by atoms with Gasteiger partial charge in [0.25, 0.3) is 0 Å². The maximum absolute atomic E-state index is 12.6. The molecule has 1 aromatic carbocycles. The fourth-order valence-corrected chi connectivity index (χ4v) is 2.84. The molecule has 0 radical (unpaired) electrons. The average Bonchev–Trinajstić information content (AvgIpc) is 2.59. The van der Waals surface area contributed by atoms with Crippen molar-refractivity contribution >= 4 is 6.04 Å². The van der Waals surface area contributed by atoms with E-state index in [1.54, 1.807) is 12.1 Å². The van der Waals surface area contributed by atoms with Crippen molar-refractivity contribution in [2.45, 2.75) is 84.0 Å². The number of hydrogen-bond donors (Lipinski definition) is 0. The lowest BCUT2D eigenvalue weighted by Crippen LogP contribution is -1.98. The molecule has 0 aromatic heterocycles. The van der Waals surface area contributed by atoms with Crippen LogP contribution in [0.5, 0.6) is 5.75 Å². The van der Waals surface area contributed by atoms with Crippen molar-refractivity contribution < 1.29 is 13.9 Å². The first kappa shape index (κ1) is 20.7. The van der Waals surface area contributed by atoms with Crippen LogP contribution in [-0.4, -0.2) is 12.6 Å². The van der Waals surface area contributed by atoms with Gasteiger partial charge in [-0.05, 0) is 24.6 Å². The predicted octanol–water partition coefficient (Wildman–Crippen LogP) is 6.88. The Kier molecular flexibility index (Phi) is 12.1. The monoisotopic (exact) mass is 336 g/mol. The van der Waals surface area contributed by atoms with E-state index in [1.165, 1.54) is 76.3 Å². The van der Waals surface area contributed by atoms with Crippen molar-refractivity contribution in [2.75, 3.05) is 6.61 Å². The zero-order chi connectivity index (χ0) is 17.5. The minimum Gasteiger partial charge on any atom is -0.494 e. The highest BCUT2D eigenvalue weighted by atomic mass is 19.1. The molecule has 0 N–H and O–H groups in total. The number of ether oxygens (including phenoxy) is 1. The third-order valence-electron chi connectivity index (χ3n) is 4.33. The number of carbonyl (C=O) groups excluding carboxylic acids is 1. The number of unbranched alkanes of at least 4 members (excludes halogenated alkanes) is 11. The van der Waals surface area contributed by atoms with Gasteiger partial charge in [0.2, 0.25) is 0 Å². The number of halogens is 1.